The van der Waals surface area contributed by atoms with E-state index in [2.05, 4.69) is 56.3 Å². The highest BCUT2D eigenvalue weighted by molar-refractivity contribution is 9.10. The molecule has 0 saturated heterocycles. The van der Waals surface area contributed by atoms with E-state index in [1.807, 2.05) is 0 Å². The zero-order valence-corrected chi connectivity index (χ0v) is 12.8. The summed E-state index contributed by atoms with van der Waals surface area (Å²) in [6, 6.07) is 8.56. The van der Waals surface area contributed by atoms with Crippen LogP contribution in [0.5, 0.6) is 0 Å². The first-order chi connectivity index (χ1) is 9.34. The molecular weight excluding hydrogens is 300 g/mol. The number of nitrogens with one attached hydrogen (secondary N) is 1. The zero-order valence-electron chi connectivity index (χ0n) is 11.2. The van der Waals surface area contributed by atoms with Crippen LogP contribution in [0.4, 0.5) is 0 Å². The lowest BCUT2D eigenvalue weighted by atomic mass is 10.1. The Morgan fingerprint density at radius 2 is 2.00 bits per heavy atom. The fourth-order valence-electron chi connectivity index (χ4n) is 3.11. The number of aromatic nitrogens is 1. The predicted octanol–water partition coefficient (Wildman–Crippen LogP) is 4.18. The second kappa shape index (κ2) is 6.10. The van der Waals surface area contributed by atoms with Crippen molar-refractivity contribution in [2.45, 2.75) is 32.2 Å². The van der Waals surface area contributed by atoms with Crippen molar-refractivity contribution in [3.05, 3.63) is 34.9 Å². The Kier molecular flexibility index (Phi) is 4.24. The van der Waals surface area contributed by atoms with Crippen molar-refractivity contribution in [2.75, 3.05) is 13.1 Å². The molecule has 1 saturated carbocycles. The molecular formula is C16H21BrN2. The molecule has 1 N–H and O–H groups in total. The van der Waals surface area contributed by atoms with Gasteiger partial charge in [0.2, 0.25) is 0 Å². The molecule has 0 bridgehead atoms. The number of para-hydroxylation sites is 1. The Morgan fingerprint density at radius 3 is 2.84 bits per heavy atom. The van der Waals surface area contributed by atoms with Gasteiger partial charge in [-0.1, -0.05) is 31.0 Å². The van der Waals surface area contributed by atoms with Crippen molar-refractivity contribution in [3.63, 3.8) is 0 Å². The molecule has 1 heterocycles. The van der Waals surface area contributed by atoms with Crippen molar-refractivity contribution in [3.8, 4) is 0 Å². The summed E-state index contributed by atoms with van der Waals surface area (Å²) in [6.45, 7) is 3.29. The Hall–Kier alpha value is -0.800. The van der Waals surface area contributed by atoms with E-state index >= 15 is 0 Å². The van der Waals surface area contributed by atoms with Crippen LogP contribution in [0.3, 0.4) is 0 Å². The van der Waals surface area contributed by atoms with Crippen molar-refractivity contribution in [2.24, 2.45) is 5.92 Å². The van der Waals surface area contributed by atoms with Crippen LogP contribution in [0.25, 0.3) is 10.9 Å². The van der Waals surface area contributed by atoms with E-state index in [0.29, 0.717) is 0 Å². The minimum absolute atomic E-state index is 0.924. The Bertz CT molecular complexity index is 541. The van der Waals surface area contributed by atoms with Crippen molar-refractivity contribution in [1.82, 2.24) is 9.88 Å². The molecule has 0 amide bonds. The minimum Gasteiger partial charge on any atom is -0.345 e. The van der Waals surface area contributed by atoms with Gasteiger partial charge in [0.1, 0.15) is 0 Å². The topological polar surface area (TPSA) is 17.0 Å². The van der Waals surface area contributed by atoms with Crippen molar-refractivity contribution in [1.29, 1.82) is 0 Å². The lowest BCUT2D eigenvalue weighted by molar-refractivity contribution is 0.478. The maximum atomic E-state index is 3.64. The molecule has 1 aromatic heterocycles. The van der Waals surface area contributed by atoms with Gasteiger partial charge in [-0.15, -0.1) is 0 Å². The van der Waals surface area contributed by atoms with Gasteiger partial charge in [0.05, 0.1) is 0 Å². The monoisotopic (exact) mass is 320 g/mol. The van der Waals surface area contributed by atoms with E-state index in [4.69, 9.17) is 0 Å². The van der Waals surface area contributed by atoms with Crippen LogP contribution in [0.1, 0.15) is 25.7 Å². The molecule has 3 heteroatoms. The van der Waals surface area contributed by atoms with Gasteiger partial charge in [-0.3, -0.25) is 0 Å². The van der Waals surface area contributed by atoms with Crippen LogP contribution in [-0.4, -0.2) is 17.7 Å². The van der Waals surface area contributed by atoms with E-state index in [0.717, 1.165) is 19.0 Å². The second-order valence-corrected chi connectivity index (χ2v) is 6.40. The zero-order chi connectivity index (χ0) is 13.1. The van der Waals surface area contributed by atoms with E-state index in [-0.39, 0.29) is 0 Å². The van der Waals surface area contributed by atoms with Crippen molar-refractivity contribution < 1.29 is 0 Å². The molecule has 1 aliphatic rings. The largest absolute Gasteiger partial charge is 0.345 e. The number of benzene rings is 1. The number of fused-ring (bicyclic) bond motifs is 1. The fraction of sp³-hybridized carbons (Fsp3) is 0.500. The smallest absolute Gasteiger partial charge is 0.0492 e. The van der Waals surface area contributed by atoms with Gasteiger partial charge < -0.3 is 9.88 Å². The number of nitrogens with zero attached hydrogens (tertiary/aromatic N) is 1. The summed E-state index contributed by atoms with van der Waals surface area (Å²) in [5.41, 5.74) is 1.32. The maximum Gasteiger partial charge on any atom is 0.0492 e. The molecule has 0 atom stereocenters. The molecule has 0 spiro atoms. The molecule has 1 fully saturated rings. The van der Waals surface area contributed by atoms with Crippen LogP contribution in [0, 0.1) is 5.92 Å². The quantitative estimate of drug-likeness (QED) is 0.818. The average Bonchev–Trinajstić information content (AvgIpc) is 3.04. The molecule has 0 radical (unpaired) electrons. The second-order valence-electron chi connectivity index (χ2n) is 5.54. The molecule has 1 aromatic carbocycles. The van der Waals surface area contributed by atoms with Gasteiger partial charge in [0, 0.05) is 34.7 Å². The maximum absolute atomic E-state index is 3.64. The predicted molar refractivity (Wildman–Crippen MR) is 84.5 cm³/mol. The number of halogens is 1. The van der Waals surface area contributed by atoms with Crippen LogP contribution < -0.4 is 5.32 Å². The summed E-state index contributed by atoms with van der Waals surface area (Å²) in [4.78, 5) is 0. The van der Waals surface area contributed by atoms with Crippen LogP contribution in [0.15, 0.2) is 34.9 Å². The highest BCUT2D eigenvalue weighted by atomic mass is 79.9. The molecule has 1 aliphatic carbocycles. The first-order valence-corrected chi connectivity index (χ1v) is 8.08. The van der Waals surface area contributed by atoms with Gasteiger partial charge in [0.15, 0.2) is 0 Å². The molecule has 0 aliphatic heterocycles. The summed E-state index contributed by atoms with van der Waals surface area (Å²) in [7, 11) is 0. The molecule has 2 aromatic rings. The lowest BCUT2D eigenvalue weighted by Crippen LogP contribution is -2.25. The first-order valence-electron chi connectivity index (χ1n) is 7.28. The molecule has 3 rings (SSSR count). The summed E-state index contributed by atoms with van der Waals surface area (Å²) >= 11 is 3.64. The van der Waals surface area contributed by atoms with Gasteiger partial charge >= 0.3 is 0 Å². The first kappa shape index (κ1) is 13.2. The SMILES string of the molecule is Brc1cn(CCNCC2CCCC2)c2ccccc12. The molecule has 102 valence electrons. The third kappa shape index (κ3) is 3.03. The summed E-state index contributed by atoms with van der Waals surface area (Å²) in [6.07, 6.45) is 7.90. The van der Waals surface area contributed by atoms with E-state index in [9.17, 15) is 0 Å². The average molecular weight is 321 g/mol. The normalized spacial score (nSPS) is 16.5. The lowest BCUT2D eigenvalue weighted by Gasteiger charge is -2.11. The van der Waals surface area contributed by atoms with Gasteiger partial charge in [0.25, 0.3) is 0 Å². The number of rotatable bonds is 5. The summed E-state index contributed by atoms with van der Waals surface area (Å²) in [5.74, 6) is 0.924. The summed E-state index contributed by atoms with van der Waals surface area (Å²) < 4.78 is 3.53. The standard InChI is InChI=1S/C16H21BrN2/c17-15-12-19(16-8-4-3-7-14(15)16)10-9-18-11-13-5-1-2-6-13/h3-4,7-8,12-13,18H,1-2,5-6,9-11H2. The third-order valence-electron chi connectivity index (χ3n) is 4.18. The van der Waals surface area contributed by atoms with Crippen molar-refractivity contribution >= 4 is 26.8 Å². The van der Waals surface area contributed by atoms with Gasteiger partial charge in [-0.25, -0.2) is 0 Å². The van der Waals surface area contributed by atoms with E-state index in [1.165, 1.54) is 47.6 Å². The molecule has 0 unspecified atom stereocenters. The van der Waals surface area contributed by atoms with Crippen LogP contribution in [0.2, 0.25) is 0 Å². The minimum atomic E-state index is 0.924. The number of hydrogen-bond acceptors (Lipinski definition) is 1. The van der Waals surface area contributed by atoms with Gasteiger partial charge in [-0.2, -0.15) is 0 Å². The molecule has 19 heavy (non-hydrogen) atoms. The Labute approximate surface area is 123 Å². The Morgan fingerprint density at radius 1 is 1.21 bits per heavy atom. The third-order valence-corrected chi connectivity index (χ3v) is 4.81. The number of hydrogen-bond donors (Lipinski definition) is 1. The van der Waals surface area contributed by atoms with E-state index < -0.39 is 0 Å². The fourth-order valence-corrected chi connectivity index (χ4v) is 3.69. The van der Waals surface area contributed by atoms with Crippen LogP contribution >= 0.6 is 15.9 Å². The summed E-state index contributed by atoms with van der Waals surface area (Å²) in [5, 5.41) is 4.92. The van der Waals surface area contributed by atoms with Crippen LogP contribution in [-0.2, 0) is 6.54 Å². The van der Waals surface area contributed by atoms with Gasteiger partial charge in [-0.05, 0) is 47.3 Å². The highest BCUT2D eigenvalue weighted by Gasteiger charge is 2.13. The molecule has 2 nitrogen and oxygen atoms in total. The highest BCUT2D eigenvalue weighted by Crippen LogP contribution is 2.26. The van der Waals surface area contributed by atoms with E-state index in [1.54, 1.807) is 0 Å². The Balaban J connectivity index is 1.56.